The summed E-state index contributed by atoms with van der Waals surface area (Å²) in [5, 5.41) is 18.4. The Labute approximate surface area is 100 Å². The van der Waals surface area contributed by atoms with Crippen LogP contribution in [0.4, 0.5) is 4.39 Å². The smallest absolute Gasteiger partial charge is 0.328 e. The van der Waals surface area contributed by atoms with Gasteiger partial charge in [-0.3, -0.25) is 9.55 Å². The Hall–Kier alpha value is -1.09. The molecule has 8 heteroatoms. The number of hydrogen-bond donors (Lipinski definition) is 3. The maximum absolute atomic E-state index is 13.4. The second kappa shape index (κ2) is 4.65. The molecule has 1 aromatic rings. The summed E-state index contributed by atoms with van der Waals surface area (Å²) in [5.41, 5.74) is -0.604. The van der Waals surface area contributed by atoms with Crippen molar-refractivity contribution in [2.75, 3.05) is 6.61 Å². The molecule has 4 atom stereocenters. The van der Waals surface area contributed by atoms with Crippen LogP contribution in [-0.2, 0) is 4.74 Å². The molecule has 0 unspecified atom stereocenters. The average molecular weight is 262 g/mol. The van der Waals surface area contributed by atoms with Crippen LogP contribution in [0.1, 0.15) is 6.23 Å². The number of H-pyrrole nitrogens is 1. The van der Waals surface area contributed by atoms with Crippen LogP contribution in [0, 0.1) is 4.64 Å². The van der Waals surface area contributed by atoms with E-state index in [0.29, 0.717) is 0 Å². The van der Waals surface area contributed by atoms with Crippen molar-refractivity contribution in [3.8, 4) is 0 Å². The number of aliphatic hydroxyl groups is 2. The number of halogens is 1. The van der Waals surface area contributed by atoms with Crippen molar-refractivity contribution in [3.63, 3.8) is 0 Å². The van der Waals surface area contributed by atoms with Crippen molar-refractivity contribution < 1.29 is 19.3 Å². The third-order valence-corrected chi connectivity index (χ3v) is 2.83. The van der Waals surface area contributed by atoms with Crippen molar-refractivity contribution in [3.05, 3.63) is 27.4 Å². The van der Waals surface area contributed by atoms with Gasteiger partial charge >= 0.3 is 5.69 Å². The SMILES string of the molecule is O=c1[nH]c(=S)ccn1[C@H]1O[C@@H](CO)[C@H](F)[C@@H]1O. The van der Waals surface area contributed by atoms with Gasteiger partial charge in [0, 0.05) is 6.20 Å². The van der Waals surface area contributed by atoms with Gasteiger partial charge in [0.25, 0.3) is 0 Å². The Morgan fingerprint density at radius 1 is 1.65 bits per heavy atom. The molecule has 0 aliphatic carbocycles. The van der Waals surface area contributed by atoms with Crippen LogP contribution in [0.3, 0.4) is 0 Å². The van der Waals surface area contributed by atoms with Gasteiger partial charge in [-0.15, -0.1) is 0 Å². The van der Waals surface area contributed by atoms with Crippen LogP contribution >= 0.6 is 12.2 Å². The van der Waals surface area contributed by atoms with Gasteiger partial charge in [-0.25, -0.2) is 9.18 Å². The van der Waals surface area contributed by atoms with Crippen LogP contribution in [0.5, 0.6) is 0 Å². The van der Waals surface area contributed by atoms with Crippen LogP contribution in [0.25, 0.3) is 0 Å². The van der Waals surface area contributed by atoms with E-state index in [1.54, 1.807) is 0 Å². The maximum Gasteiger partial charge on any atom is 0.328 e. The van der Waals surface area contributed by atoms with Crippen LogP contribution in [0.15, 0.2) is 17.1 Å². The minimum Gasteiger partial charge on any atom is -0.394 e. The molecule has 2 rings (SSSR count). The normalized spacial score (nSPS) is 32.9. The Morgan fingerprint density at radius 2 is 2.35 bits per heavy atom. The number of hydrogen-bond acceptors (Lipinski definition) is 5. The summed E-state index contributed by atoms with van der Waals surface area (Å²) in [6.07, 6.45) is -4.23. The largest absolute Gasteiger partial charge is 0.394 e. The zero-order chi connectivity index (χ0) is 12.6. The Morgan fingerprint density at radius 3 is 2.88 bits per heavy atom. The number of nitrogens with one attached hydrogen (secondary N) is 1. The Bertz CT molecular complexity index is 516. The molecule has 1 saturated heterocycles. The zero-order valence-corrected chi connectivity index (χ0v) is 9.43. The van der Waals surface area contributed by atoms with E-state index in [1.807, 2.05) is 0 Å². The summed E-state index contributed by atoms with van der Waals surface area (Å²) in [6, 6.07) is 1.42. The summed E-state index contributed by atoms with van der Waals surface area (Å²) >= 11 is 4.75. The van der Waals surface area contributed by atoms with Gasteiger partial charge in [0.05, 0.1) is 6.61 Å². The van der Waals surface area contributed by atoms with Crippen molar-refractivity contribution in [1.82, 2.24) is 9.55 Å². The molecular formula is C9H11FN2O4S. The second-order valence-corrected chi connectivity index (χ2v) is 4.14. The highest BCUT2D eigenvalue weighted by Gasteiger charge is 2.45. The number of aromatic nitrogens is 2. The fourth-order valence-electron chi connectivity index (χ4n) is 1.71. The molecule has 0 aromatic carbocycles. The Balaban J connectivity index is 2.35. The number of aromatic amines is 1. The summed E-state index contributed by atoms with van der Waals surface area (Å²) in [4.78, 5) is 13.9. The molecule has 1 aromatic heterocycles. The zero-order valence-electron chi connectivity index (χ0n) is 8.62. The van der Waals surface area contributed by atoms with E-state index < -0.39 is 36.9 Å². The standard InChI is InChI=1S/C9H11FN2O4S/c10-6-4(3-13)16-8(7(6)14)12-2-1-5(17)11-9(12)15/h1-2,4,6-8,13-14H,3H2,(H,11,15,17)/t4-,6-,7-,8-/m0/s1. The van der Waals surface area contributed by atoms with E-state index in [9.17, 15) is 14.3 Å². The van der Waals surface area contributed by atoms with Crippen LogP contribution in [0.2, 0.25) is 0 Å². The van der Waals surface area contributed by atoms with Gasteiger partial charge in [0.1, 0.15) is 16.8 Å². The molecule has 1 aliphatic heterocycles. The molecule has 3 N–H and O–H groups in total. The summed E-state index contributed by atoms with van der Waals surface area (Å²) in [7, 11) is 0. The minimum atomic E-state index is -1.74. The highest BCUT2D eigenvalue weighted by molar-refractivity contribution is 7.71. The first-order valence-corrected chi connectivity index (χ1v) is 5.35. The molecule has 1 aliphatic rings. The predicted octanol–water partition coefficient (Wildman–Crippen LogP) is -0.505. The molecule has 1 fully saturated rings. The van der Waals surface area contributed by atoms with Crippen molar-refractivity contribution >= 4 is 12.2 Å². The first kappa shape index (κ1) is 12.4. The van der Waals surface area contributed by atoms with Gasteiger partial charge < -0.3 is 14.9 Å². The van der Waals surface area contributed by atoms with Crippen LogP contribution in [-0.4, -0.2) is 44.8 Å². The van der Waals surface area contributed by atoms with Gasteiger partial charge in [0.15, 0.2) is 12.4 Å². The minimum absolute atomic E-state index is 0.231. The molecule has 0 bridgehead atoms. The van der Waals surface area contributed by atoms with E-state index in [0.717, 1.165) is 4.57 Å². The molecule has 2 heterocycles. The summed E-state index contributed by atoms with van der Waals surface area (Å²) < 4.78 is 19.8. The van der Waals surface area contributed by atoms with E-state index >= 15 is 0 Å². The van der Waals surface area contributed by atoms with Crippen LogP contribution < -0.4 is 5.69 Å². The monoisotopic (exact) mass is 262 g/mol. The fraction of sp³-hybridized carbons (Fsp3) is 0.556. The molecule has 94 valence electrons. The molecule has 17 heavy (non-hydrogen) atoms. The topological polar surface area (TPSA) is 87.5 Å². The van der Waals surface area contributed by atoms with E-state index in [1.165, 1.54) is 12.3 Å². The van der Waals surface area contributed by atoms with E-state index in [2.05, 4.69) is 4.98 Å². The number of aliphatic hydroxyl groups excluding tert-OH is 2. The summed E-state index contributed by atoms with van der Waals surface area (Å²) in [6.45, 7) is -0.563. The van der Waals surface area contributed by atoms with Crippen molar-refractivity contribution in [2.45, 2.75) is 24.6 Å². The van der Waals surface area contributed by atoms with E-state index in [-0.39, 0.29) is 4.64 Å². The first-order chi connectivity index (χ1) is 8.04. The second-order valence-electron chi connectivity index (χ2n) is 3.70. The highest BCUT2D eigenvalue weighted by Crippen LogP contribution is 2.29. The predicted molar refractivity (Wildman–Crippen MR) is 57.8 cm³/mol. The lowest BCUT2D eigenvalue weighted by molar-refractivity contribution is -0.0537. The maximum atomic E-state index is 13.4. The highest BCUT2D eigenvalue weighted by atomic mass is 32.1. The third-order valence-electron chi connectivity index (χ3n) is 2.59. The number of rotatable bonds is 2. The van der Waals surface area contributed by atoms with Crippen molar-refractivity contribution in [1.29, 1.82) is 0 Å². The molecule has 0 radical (unpaired) electrons. The fourth-order valence-corrected chi connectivity index (χ4v) is 1.86. The van der Waals surface area contributed by atoms with Gasteiger partial charge in [-0.05, 0) is 6.07 Å². The number of nitrogens with zero attached hydrogens (tertiary/aromatic N) is 1. The quantitative estimate of drug-likeness (QED) is 0.625. The third kappa shape index (κ3) is 2.16. The molecule has 0 spiro atoms. The average Bonchev–Trinajstić information content (AvgIpc) is 2.57. The molecular weight excluding hydrogens is 251 g/mol. The molecule has 0 saturated carbocycles. The van der Waals surface area contributed by atoms with Gasteiger partial charge in [-0.1, -0.05) is 12.2 Å². The van der Waals surface area contributed by atoms with E-state index in [4.69, 9.17) is 22.1 Å². The molecule has 6 nitrogen and oxygen atoms in total. The lowest BCUT2D eigenvalue weighted by Crippen LogP contribution is -2.34. The first-order valence-electron chi connectivity index (χ1n) is 4.94. The Kier molecular flexibility index (Phi) is 3.38. The van der Waals surface area contributed by atoms with Crippen molar-refractivity contribution in [2.24, 2.45) is 0 Å². The van der Waals surface area contributed by atoms with Gasteiger partial charge in [-0.2, -0.15) is 0 Å². The lowest BCUT2D eigenvalue weighted by Gasteiger charge is -2.16. The molecule has 0 amide bonds. The summed E-state index contributed by atoms with van der Waals surface area (Å²) in [5.74, 6) is 0. The number of alkyl halides is 1. The lowest BCUT2D eigenvalue weighted by atomic mass is 10.1. The number of ether oxygens (including phenoxy) is 1. The van der Waals surface area contributed by atoms with Gasteiger partial charge in [0.2, 0.25) is 0 Å².